The summed E-state index contributed by atoms with van der Waals surface area (Å²) < 4.78 is 4.65. The van der Waals surface area contributed by atoms with Crippen molar-refractivity contribution in [3.05, 3.63) is 12.2 Å². The lowest BCUT2D eigenvalue weighted by Gasteiger charge is -2.37. The van der Waals surface area contributed by atoms with Gasteiger partial charge in [-0.25, -0.2) is 0 Å². The lowest BCUT2D eigenvalue weighted by molar-refractivity contribution is -0.149. The molecule has 1 N–H and O–H groups in total. The molecule has 1 aliphatic rings. The van der Waals surface area contributed by atoms with E-state index in [1.807, 2.05) is 13.8 Å². The minimum atomic E-state index is -0.519. The molecular formula is C12H18N4O3. The topological polar surface area (TPSA) is 88.3 Å². The minimum Gasteiger partial charge on any atom is -0.343 e. The average Bonchev–Trinajstić information content (AvgIpc) is 2.84. The third-order valence-corrected chi connectivity index (χ3v) is 3.17. The molecule has 0 aliphatic carbocycles. The fraction of sp³-hybridized carbons (Fsp3) is 0.667. The van der Waals surface area contributed by atoms with Gasteiger partial charge in [0.05, 0.1) is 6.54 Å². The highest BCUT2D eigenvalue weighted by molar-refractivity contribution is 5.96. The molecule has 2 atom stereocenters. The van der Waals surface area contributed by atoms with Crippen LogP contribution in [-0.4, -0.2) is 38.9 Å². The Kier molecular flexibility index (Phi) is 3.82. The van der Waals surface area contributed by atoms with Crippen molar-refractivity contribution in [3.8, 4) is 0 Å². The van der Waals surface area contributed by atoms with Crippen LogP contribution in [0.3, 0.4) is 0 Å². The SMILES string of the molecule is CC(C)CC1NC(=O)C(C)N(Cc2ncon2)C1=O. The van der Waals surface area contributed by atoms with Gasteiger partial charge < -0.3 is 14.7 Å². The Morgan fingerprint density at radius 1 is 1.47 bits per heavy atom. The number of carbonyl (C=O) groups excluding carboxylic acids is 2. The largest absolute Gasteiger partial charge is 0.343 e. The van der Waals surface area contributed by atoms with Crippen LogP contribution in [0, 0.1) is 5.92 Å². The number of piperazine rings is 1. The third-order valence-electron chi connectivity index (χ3n) is 3.17. The first-order chi connectivity index (χ1) is 8.99. The quantitative estimate of drug-likeness (QED) is 0.848. The number of nitrogens with one attached hydrogen (secondary N) is 1. The summed E-state index contributed by atoms with van der Waals surface area (Å²) in [5.74, 6) is 0.493. The maximum atomic E-state index is 12.4. The Morgan fingerprint density at radius 2 is 2.21 bits per heavy atom. The zero-order valence-electron chi connectivity index (χ0n) is 11.3. The highest BCUT2D eigenvalue weighted by Crippen LogP contribution is 2.17. The summed E-state index contributed by atoms with van der Waals surface area (Å²) in [7, 11) is 0. The molecule has 1 aromatic rings. The molecule has 19 heavy (non-hydrogen) atoms. The minimum absolute atomic E-state index is 0.0920. The van der Waals surface area contributed by atoms with E-state index in [-0.39, 0.29) is 18.4 Å². The van der Waals surface area contributed by atoms with Gasteiger partial charge in [-0.1, -0.05) is 19.0 Å². The highest BCUT2D eigenvalue weighted by atomic mass is 16.5. The molecule has 2 unspecified atom stereocenters. The number of carbonyl (C=O) groups is 2. The number of hydrogen-bond acceptors (Lipinski definition) is 5. The van der Waals surface area contributed by atoms with E-state index in [2.05, 4.69) is 20.0 Å². The van der Waals surface area contributed by atoms with Crippen LogP contribution in [0.4, 0.5) is 0 Å². The molecule has 1 fully saturated rings. The number of aromatic nitrogens is 2. The molecule has 1 aromatic heterocycles. The van der Waals surface area contributed by atoms with E-state index < -0.39 is 12.1 Å². The number of nitrogens with zero attached hydrogens (tertiary/aromatic N) is 3. The smallest absolute Gasteiger partial charge is 0.246 e. The first-order valence-electron chi connectivity index (χ1n) is 6.35. The Morgan fingerprint density at radius 3 is 2.79 bits per heavy atom. The summed E-state index contributed by atoms with van der Waals surface area (Å²) in [6.07, 6.45) is 1.83. The molecule has 0 saturated carbocycles. The maximum Gasteiger partial charge on any atom is 0.246 e. The van der Waals surface area contributed by atoms with Gasteiger partial charge in [-0.2, -0.15) is 4.98 Å². The van der Waals surface area contributed by atoms with E-state index in [1.165, 1.54) is 11.3 Å². The average molecular weight is 266 g/mol. The molecule has 2 amide bonds. The van der Waals surface area contributed by atoms with Crippen LogP contribution in [-0.2, 0) is 16.1 Å². The van der Waals surface area contributed by atoms with Crippen LogP contribution in [0.5, 0.6) is 0 Å². The van der Waals surface area contributed by atoms with Crippen LogP contribution in [0.1, 0.15) is 33.0 Å². The van der Waals surface area contributed by atoms with Gasteiger partial charge in [-0.15, -0.1) is 0 Å². The van der Waals surface area contributed by atoms with Crippen molar-refractivity contribution in [1.82, 2.24) is 20.4 Å². The van der Waals surface area contributed by atoms with Gasteiger partial charge >= 0.3 is 0 Å². The first-order valence-corrected chi connectivity index (χ1v) is 6.35. The molecule has 7 nitrogen and oxygen atoms in total. The highest BCUT2D eigenvalue weighted by Gasteiger charge is 2.38. The van der Waals surface area contributed by atoms with Crippen LogP contribution in [0.2, 0.25) is 0 Å². The summed E-state index contributed by atoms with van der Waals surface area (Å²) >= 11 is 0. The fourth-order valence-corrected chi connectivity index (χ4v) is 2.15. The zero-order chi connectivity index (χ0) is 14.0. The van der Waals surface area contributed by atoms with Crippen LogP contribution >= 0.6 is 0 Å². The predicted molar refractivity (Wildman–Crippen MR) is 65.7 cm³/mol. The Hall–Kier alpha value is -1.92. The normalized spacial score (nSPS) is 23.9. The lowest BCUT2D eigenvalue weighted by Crippen LogP contribution is -2.62. The number of amides is 2. The predicted octanol–water partition coefficient (Wildman–Crippen LogP) is 0.331. The molecule has 1 saturated heterocycles. The molecule has 0 radical (unpaired) electrons. The van der Waals surface area contributed by atoms with Crippen molar-refractivity contribution in [2.24, 2.45) is 5.92 Å². The molecular weight excluding hydrogens is 248 g/mol. The van der Waals surface area contributed by atoms with Crippen molar-refractivity contribution < 1.29 is 14.1 Å². The maximum absolute atomic E-state index is 12.4. The van der Waals surface area contributed by atoms with E-state index >= 15 is 0 Å². The van der Waals surface area contributed by atoms with E-state index in [0.717, 1.165) is 0 Å². The molecule has 1 aliphatic heterocycles. The van der Waals surface area contributed by atoms with Crippen molar-refractivity contribution >= 4 is 11.8 Å². The van der Waals surface area contributed by atoms with E-state index in [4.69, 9.17) is 0 Å². The van der Waals surface area contributed by atoms with Gasteiger partial charge in [0.25, 0.3) is 0 Å². The third kappa shape index (κ3) is 2.91. The Balaban J connectivity index is 2.14. The van der Waals surface area contributed by atoms with Gasteiger partial charge in [0.1, 0.15) is 12.1 Å². The second-order valence-corrected chi connectivity index (χ2v) is 5.18. The van der Waals surface area contributed by atoms with Crippen LogP contribution < -0.4 is 5.32 Å². The molecule has 2 heterocycles. The molecule has 0 aromatic carbocycles. The standard InChI is InChI=1S/C12H18N4O3/c1-7(2)4-9-12(18)16(8(3)11(17)14-9)5-10-13-6-19-15-10/h6-9H,4-5H2,1-3H3,(H,14,17). The summed E-state index contributed by atoms with van der Waals surface area (Å²) in [5, 5.41) is 6.44. The van der Waals surface area contributed by atoms with Crippen molar-refractivity contribution in [2.75, 3.05) is 0 Å². The Labute approximate surface area is 111 Å². The van der Waals surface area contributed by atoms with E-state index in [9.17, 15) is 9.59 Å². The fourth-order valence-electron chi connectivity index (χ4n) is 2.15. The van der Waals surface area contributed by atoms with Gasteiger partial charge in [-0.05, 0) is 19.3 Å². The molecule has 0 spiro atoms. The van der Waals surface area contributed by atoms with Gasteiger partial charge in [0.2, 0.25) is 18.2 Å². The molecule has 2 rings (SSSR count). The first kappa shape index (κ1) is 13.5. The molecule has 104 valence electrons. The van der Waals surface area contributed by atoms with Crippen molar-refractivity contribution in [2.45, 2.75) is 45.8 Å². The molecule has 7 heteroatoms. The van der Waals surface area contributed by atoms with E-state index in [1.54, 1.807) is 6.92 Å². The van der Waals surface area contributed by atoms with Gasteiger partial charge in [-0.3, -0.25) is 9.59 Å². The number of hydrogen-bond donors (Lipinski definition) is 1. The van der Waals surface area contributed by atoms with Crippen molar-refractivity contribution in [3.63, 3.8) is 0 Å². The monoisotopic (exact) mass is 266 g/mol. The second kappa shape index (κ2) is 5.38. The summed E-state index contributed by atoms with van der Waals surface area (Å²) in [6.45, 7) is 5.92. The molecule has 0 bridgehead atoms. The summed E-state index contributed by atoms with van der Waals surface area (Å²) in [6, 6.07) is -0.981. The van der Waals surface area contributed by atoms with E-state index in [0.29, 0.717) is 18.2 Å². The van der Waals surface area contributed by atoms with Gasteiger partial charge in [0.15, 0.2) is 5.82 Å². The summed E-state index contributed by atoms with van der Waals surface area (Å²) in [5.41, 5.74) is 0. The number of rotatable bonds is 4. The second-order valence-electron chi connectivity index (χ2n) is 5.18. The Bertz CT molecular complexity index is 458. The zero-order valence-corrected chi connectivity index (χ0v) is 11.3. The van der Waals surface area contributed by atoms with Crippen LogP contribution in [0.15, 0.2) is 10.9 Å². The van der Waals surface area contributed by atoms with Crippen molar-refractivity contribution in [1.29, 1.82) is 0 Å². The van der Waals surface area contributed by atoms with Gasteiger partial charge in [0, 0.05) is 0 Å². The van der Waals surface area contributed by atoms with Crippen LogP contribution in [0.25, 0.3) is 0 Å². The summed E-state index contributed by atoms with van der Waals surface area (Å²) in [4.78, 5) is 29.7. The lowest BCUT2D eigenvalue weighted by atomic mass is 9.99.